The van der Waals surface area contributed by atoms with Crippen LogP contribution in [-0.4, -0.2) is 30.4 Å². The van der Waals surface area contributed by atoms with Crippen molar-refractivity contribution in [1.29, 1.82) is 0 Å². The van der Waals surface area contributed by atoms with E-state index in [-0.39, 0.29) is 18.4 Å². The van der Waals surface area contributed by atoms with Crippen LogP contribution in [0.4, 0.5) is 11.4 Å². The number of nitrogens with two attached hydrogens (primary N) is 1. The maximum Gasteiger partial charge on any atom is 0.268 e. The van der Waals surface area contributed by atoms with Crippen LogP contribution in [0.3, 0.4) is 0 Å². The van der Waals surface area contributed by atoms with Crippen molar-refractivity contribution in [3.63, 3.8) is 0 Å². The van der Waals surface area contributed by atoms with Crippen molar-refractivity contribution in [1.82, 2.24) is 0 Å². The summed E-state index contributed by atoms with van der Waals surface area (Å²) in [5.41, 5.74) is 6.50. The van der Waals surface area contributed by atoms with Gasteiger partial charge in [0.25, 0.3) is 5.91 Å². The molecule has 3 rings (SSSR count). The van der Waals surface area contributed by atoms with E-state index >= 15 is 0 Å². The summed E-state index contributed by atoms with van der Waals surface area (Å²) in [5.74, 6) is -0.709. The Morgan fingerprint density at radius 1 is 1.20 bits per heavy atom. The number of ether oxygens (including phenoxy) is 1. The predicted octanol–water partition coefficient (Wildman–Crippen LogP) is 1.54. The van der Waals surface area contributed by atoms with E-state index in [0.29, 0.717) is 22.7 Å². The summed E-state index contributed by atoms with van der Waals surface area (Å²) < 4.78 is 5.54. The molecule has 3 amide bonds. The van der Waals surface area contributed by atoms with Gasteiger partial charge in [-0.05, 0) is 37.3 Å². The van der Waals surface area contributed by atoms with Gasteiger partial charge in [0.1, 0.15) is 12.3 Å². The first-order valence-corrected chi connectivity index (χ1v) is 7.72. The minimum atomic E-state index is -0.666. The van der Waals surface area contributed by atoms with Gasteiger partial charge in [-0.15, -0.1) is 0 Å². The molecule has 0 saturated heterocycles. The fourth-order valence-electron chi connectivity index (χ4n) is 2.62. The fourth-order valence-corrected chi connectivity index (χ4v) is 2.62. The average Bonchev–Trinajstić information content (AvgIpc) is 2.59. The first-order chi connectivity index (χ1) is 12.0. The highest BCUT2D eigenvalue weighted by molar-refractivity contribution is 6.06. The Balaban J connectivity index is 1.77. The fraction of sp³-hybridized carbons (Fsp3) is 0.167. The molecule has 1 aliphatic rings. The van der Waals surface area contributed by atoms with Gasteiger partial charge < -0.3 is 15.8 Å². The minimum Gasteiger partial charge on any atom is -0.479 e. The standard InChI is InChI=1S/C18H17N3O4/c1-11-18(24)21(14-7-2-3-8-15(14)25-11)10-16(22)20-13-6-4-5-12(9-13)17(19)23/h2-9,11H,10H2,1H3,(H2,19,23)(H,20,22)/t11-/m1/s1. The Labute approximate surface area is 144 Å². The van der Waals surface area contributed by atoms with Crippen molar-refractivity contribution in [3.8, 4) is 5.75 Å². The topological polar surface area (TPSA) is 102 Å². The zero-order valence-corrected chi connectivity index (χ0v) is 13.6. The van der Waals surface area contributed by atoms with Gasteiger partial charge in [0, 0.05) is 11.3 Å². The van der Waals surface area contributed by atoms with Crippen LogP contribution >= 0.6 is 0 Å². The third-order valence-electron chi connectivity index (χ3n) is 3.81. The van der Waals surface area contributed by atoms with Crippen LogP contribution in [0.25, 0.3) is 0 Å². The van der Waals surface area contributed by atoms with Crippen molar-refractivity contribution in [2.75, 3.05) is 16.8 Å². The highest BCUT2D eigenvalue weighted by Gasteiger charge is 2.32. The second-order valence-corrected chi connectivity index (χ2v) is 5.65. The van der Waals surface area contributed by atoms with Crippen LogP contribution < -0.4 is 20.7 Å². The number of anilines is 2. The summed E-state index contributed by atoms with van der Waals surface area (Å²) in [7, 11) is 0. The number of fused-ring (bicyclic) bond motifs is 1. The highest BCUT2D eigenvalue weighted by atomic mass is 16.5. The maximum absolute atomic E-state index is 12.4. The quantitative estimate of drug-likeness (QED) is 0.882. The smallest absolute Gasteiger partial charge is 0.268 e. The summed E-state index contributed by atoms with van der Waals surface area (Å²) in [6.45, 7) is 1.48. The summed E-state index contributed by atoms with van der Waals surface area (Å²) in [6.07, 6.45) is -0.666. The third-order valence-corrected chi connectivity index (χ3v) is 3.81. The number of amides is 3. The number of nitrogens with one attached hydrogen (secondary N) is 1. The number of para-hydroxylation sites is 2. The molecule has 128 valence electrons. The number of carbonyl (C=O) groups is 3. The maximum atomic E-state index is 12.4. The molecule has 25 heavy (non-hydrogen) atoms. The lowest BCUT2D eigenvalue weighted by atomic mass is 10.1. The molecule has 1 heterocycles. The SMILES string of the molecule is C[C@H]1Oc2ccccc2N(CC(=O)Nc2cccc(C(N)=O)c2)C1=O. The van der Waals surface area contributed by atoms with Crippen LogP contribution in [0.2, 0.25) is 0 Å². The molecule has 3 N–H and O–H groups in total. The number of carbonyl (C=O) groups excluding carboxylic acids is 3. The molecule has 0 spiro atoms. The van der Waals surface area contributed by atoms with Gasteiger partial charge in [-0.3, -0.25) is 19.3 Å². The Morgan fingerprint density at radius 2 is 1.96 bits per heavy atom. The average molecular weight is 339 g/mol. The van der Waals surface area contributed by atoms with Gasteiger partial charge in [-0.2, -0.15) is 0 Å². The largest absolute Gasteiger partial charge is 0.479 e. The molecule has 1 atom stereocenters. The molecule has 0 aliphatic carbocycles. The molecular weight excluding hydrogens is 322 g/mol. The molecular formula is C18H17N3O4. The van der Waals surface area contributed by atoms with E-state index in [1.54, 1.807) is 49.4 Å². The first-order valence-electron chi connectivity index (χ1n) is 7.72. The summed E-state index contributed by atoms with van der Waals surface area (Å²) in [4.78, 5) is 37.3. The Morgan fingerprint density at radius 3 is 2.72 bits per heavy atom. The van der Waals surface area contributed by atoms with Gasteiger partial charge in [0.15, 0.2) is 6.10 Å². The van der Waals surface area contributed by atoms with Crippen LogP contribution in [0, 0.1) is 0 Å². The Hall–Kier alpha value is -3.35. The van der Waals surface area contributed by atoms with Crippen molar-refractivity contribution < 1.29 is 19.1 Å². The van der Waals surface area contributed by atoms with Crippen LogP contribution in [0.5, 0.6) is 5.75 Å². The van der Waals surface area contributed by atoms with E-state index in [9.17, 15) is 14.4 Å². The van der Waals surface area contributed by atoms with E-state index < -0.39 is 12.0 Å². The van der Waals surface area contributed by atoms with Crippen molar-refractivity contribution in [2.24, 2.45) is 5.73 Å². The monoisotopic (exact) mass is 339 g/mol. The lowest BCUT2D eigenvalue weighted by molar-refractivity contribution is -0.127. The van der Waals surface area contributed by atoms with E-state index in [1.165, 1.54) is 11.0 Å². The van der Waals surface area contributed by atoms with E-state index in [1.807, 2.05) is 0 Å². The molecule has 1 aliphatic heterocycles. The number of primary amides is 1. The van der Waals surface area contributed by atoms with E-state index in [0.717, 1.165) is 0 Å². The summed E-state index contributed by atoms with van der Waals surface area (Å²) >= 11 is 0. The number of rotatable bonds is 4. The molecule has 2 aromatic carbocycles. The number of hydrogen-bond donors (Lipinski definition) is 2. The second-order valence-electron chi connectivity index (χ2n) is 5.65. The van der Waals surface area contributed by atoms with Crippen LogP contribution in [0.1, 0.15) is 17.3 Å². The molecule has 0 radical (unpaired) electrons. The van der Waals surface area contributed by atoms with Gasteiger partial charge in [0.2, 0.25) is 11.8 Å². The van der Waals surface area contributed by atoms with Crippen molar-refractivity contribution in [2.45, 2.75) is 13.0 Å². The highest BCUT2D eigenvalue weighted by Crippen LogP contribution is 2.33. The van der Waals surface area contributed by atoms with Crippen molar-refractivity contribution in [3.05, 3.63) is 54.1 Å². The third kappa shape index (κ3) is 3.45. The van der Waals surface area contributed by atoms with E-state index in [2.05, 4.69) is 5.32 Å². The number of hydrogen-bond acceptors (Lipinski definition) is 4. The minimum absolute atomic E-state index is 0.162. The van der Waals surface area contributed by atoms with Crippen LogP contribution in [-0.2, 0) is 9.59 Å². The molecule has 0 aromatic heterocycles. The molecule has 0 unspecified atom stereocenters. The number of benzene rings is 2. The van der Waals surface area contributed by atoms with Crippen molar-refractivity contribution >= 4 is 29.1 Å². The molecule has 7 heteroatoms. The summed E-state index contributed by atoms with van der Waals surface area (Å²) in [5, 5.41) is 2.67. The second kappa shape index (κ2) is 6.64. The van der Waals surface area contributed by atoms with E-state index in [4.69, 9.17) is 10.5 Å². The van der Waals surface area contributed by atoms with Crippen LogP contribution in [0.15, 0.2) is 48.5 Å². The van der Waals surface area contributed by atoms with Gasteiger partial charge in [0.05, 0.1) is 5.69 Å². The predicted molar refractivity (Wildman–Crippen MR) is 92.5 cm³/mol. The molecule has 7 nitrogen and oxygen atoms in total. The van der Waals surface area contributed by atoms with Gasteiger partial charge in [-0.1, -0.05) is 18.2 Å². The number of nitrogens with zero attached hydrogens (tertiary/aromatic N) is 1. The molecule has 0 bridgehead atoms. The first kappa shape index (κ1) is 16.5. The molecule has 0 fully saturated rings. The normalized spacial score (nSPS) is 16.0. The molecule has 0 saturated carbocycles. The Bertz CT molecular complexity index is 850. The van der Waals surface area contributed by atoms with Gasteiger partial charge >= 0.3 is 0 Å². The zero-order valence-electron chi connectivity index (χ0n) is 13.6. The lowest BCUT2D eigenvalue weighted by Crippen LogP contribution is -2.47. The van der Waals surface area contributed by atoms with Gasteiger partial charge in [-0.25, -0.2) is 0 Å². The lowest BCUT2D eigenvalue weighted by Gasteiger charge is -2.32. The summed E-state index contributed by atoms with van der Waals surface area (Å²) in [6, 6.07) is 13.3. The molecule has 2 aromatic rings. The zero-order chi connectivity index (χ0) is 18.0. The Kier molecular flexibility index (Phi) is 4.38.